The first-order valence-electron chi connectivity index (χ1n) is 9.70. The van der Waals surface area contributed by atoms with Crippen LogP contribution in [0.3, 0.4) is 0 Å². The van der Waals surface area contributed by atoms with Crippen molar-refractivity contribution in [1.82, 2.24) is 9.80 Å². The molecule has 0 aromatic carbocycles. The standard InChI is InChI=1S/C19H34N2O3/c1-19(2,3)24-18(23)21-9-5-6-14(11-21)10-20-12-15-7-4-8-16(13-20)17(15)22/h14-17,22H,4-13H2,1-3H3. The molecule has 0 aromatic rings. The highest BCUT2D eigenvalue weighted by molar-refractivity contribution is 5.68. The molecule has 0 spiro atoms. The number of ether oxygens (including phenoxy) is 1. The minimum atomic E-state index is -0.426. The van der Waals surface area contributed by atoms with Crippen LogP contribution in [-0.2, 0) is 4.74 Å². The van der Waals surface area contributed by atoms with Crippen LogP contribution in [0.5, 0.6) is 0 Å². The summed E-state index contributed by atoms with van der Waals surface area (Å²) in [5, 5.41) is 10.3. The monoisotopic (exact) mass is 338 g/mol. The van der Waals surface area contributed by atoms with E-state index in [1.807, 2.05) is 25.7 Å². The predicted octanol–water partition coefficient (Wildman–Crippen LogP) is 2.73. The topological polar surface area (TPSA) is 53.0 Å². The maximum Gasteiger partial charge on any atom is 0.410 e. The van der Waals surface area contributed by atoms with E-state index >= 15 is 0 Å². The van der Waals surface area contributed by atoms with E-state index in [4.69, 9.17) is 4.74 Å². The van der Waals surface area contributed by atoms with E-state index in [0.717, 1.165) is 39.1 Å². The summed E-state index contributed by atoms with van der Waals surface area (Å²) in [5.74, 6) is 1.45. The SMILES string of the molecule is CC(C)(C)OC(=O)N1CCCC(CN2CC3CCCC(C2)C3O)C1. The molecule has 3 unspecified atom stereocenters. The van der Waals surface area contributed by atoms with Gasteiger partial charge in [-0.15, -0.1) is 0 Å². The Morgan fingerprint density at radius 3 is 2.38 bits per heavy atom. The van der Waals surface area contributed by atoms with E-state index in [1.54, 1.807) is 0 Å². The highest BCUT2D eigenvalue weighted by atomic mass is 16.6. The van der Waals surface area contributed by atoms with E-state index < -0.39 is 5.60 Å². The lowest BCUT2D eigenvalue weighted by atomic mass is 9.75. The summed E-state index contributed by atoms with van der Waals surface area (Å²) in [4.78, 5) is 16.7. The highest BCUT2D eigenvalue weighted by Crippen LogP contribution is 2.35. The van der Waals surface area contributed by atoms with Gasteiger partial charge in [0.05, 0.1) is 6.10 Å². The Morgan fingerprint density at radius 2 is 1.75 bits per heavy atom. The smallest absolute Gasteiger partial charge is 0.410 e. The van der Waals surface area contributed by atoms with Gasteiger partial charge in [-0.2, -0.15) is 0 Å². The molecule has 3 fully saturated rings. The first kappa shape index (κ1) is 18.0. The molecule has 24 heavy (non-hydrogen) atoms. The largest absolute Gasteiger partial charge is 0.444 e. The molecule has 3 rings (SSSR count). The lowest BCUT2D eigenvalue weighted by Gasteiger charge is -2.46. The van der Waals surface area contributed by atoms with Gasteiger partial charge in [-0.05, 0) is 64.2 Å². The Morgan fingerprint density at radius 1 is 1.08 bits per heavy atom. The molecule has 3 atom stereocenters. The number of nitrogens with zero attached hydrogens (tertiary/aromatic N) is 2. The molecule has 2 bridgehead atoms. The molecule has 1 N–H and O–H groups in total. The van der Waals surface area contributed by atoms with E-state index in [1.165, 1.54) is 25.7 Å². The maximum absolute atomic E-state index is 12.3. The fourth-order valence-electron chi connectivity index (χ4n) is 4.73. The molecule has 2 heterocycles. The van der Waals surface area contributed by atoms with Crippen molar-refractivity contribution < 1.29 is 14.6 Å². The molecule has 1 aliphatic carbocycles. The number of likely N-dealkylation sites (tertiary alicyclic amines) is 2. The quantitative estimate of drug-likeness (QED) is 0.841. The summed E-state index contributed by atoms with van der Waals surface area (Å²) in [6.45, 7) is 10.5. The number of rotatable bonds is 2. The lowest BCUT2D eigenvalue weighted by molar-refractivity contribution is -0.0555. The van der Waals surface area contributed by atoms with Crippen LogP contribution in [0, 0.1) is 17.8 Å². The average molecular weight is 338 g/mol. The van der Waals surface area contributed by atoms with E-state index in [2.05, 4.69) is 4.90 Å². The number of hydrogen-bond acceptors (Lipinski definition) is 4. The van der Waals surface area contributed by atoms with Gasteiger partial charge < -0.3 is 19.6 Å². The number of aliphatic hydroxyl groups is 1. The second-order valence-electron chi connectivity index (χ2n) is 9.09. The van der Waals surface area contributed by atoms with Crippen LogP contribution in [0.15, 0.2) is 0 Å². The van der Waals surface area contributed by atoms with Crippen molar-refractivity contribution in [1.29, 1.82) is 0 Å². The number of aliphatic hydroxyl groups excluding tert-OH is 1. The van der Waals surface area contributed by atoms with Gasteiger partial charge in [0, 0.05) is 32.7 Å². The average Bonchev–Trinajstić information content (AvgIpc) is 2.47. The third-order valence-electron chi connectivity index (χ3n) is 5.79. The molecule has 0 radical (unpaired) electrons. The van der Waals surface area contributed by atoms with Gasteiger partial charge in [-0.1, -0.05) is 6.42 Å². The molecular weight excluding hydrogens is 304 g/mol. The molecule has 1 amide bonds. The van der Waals surface area contributed by atoms with Gasteiger partial charge in [0.2, 0.25) is 0 Å². The van der Waals surface area contributed by atoms with Crippen molar-refractivity contribution in [2.24, 2.45) is 17.8 Å². The first-order chi connectivity index (χ1) is 11.3. The van der Waals surface area contributed by atoms with Gasteiger partial charge in [0.15, 0.2) is 0 Å². The molecule has 3 aliphatic rings. The number of amides is 1. The zero-order chi connectivity index (χ0) is 17.3. The van der Waals surface area contributed by atoms with Crippen LogP contribution >= 0.6 is 0 Å². The number of carbonyl (C=O) groups is 1. The van der Waals surface area contributed by atoms with Crippen molar-refractivity contribution in [3.05, 3.63) is 0 Å². The Hall–Kier alpha value is -0.810. The zero-order valence-corrected chi connectivity index (χ0v) is 15.5. The number of fused-ring (bicyclic) bond motifs is 2. The minimum Gasteiger partial charge on any atom is -0.444 e. The third kappa shape index (κ3) is 4.42. The molecule has 1 saturated carbocycles. The third-order valence-corrected chi connectivity index (χ3v) is 5.79. The summed E-state index contributed by atoms with van der Waals surface area (Å²) < 4.78 is 5.53. The molecule has 0 aromatic heterocycles. The molecule has 2 saturated heterocycles. The molecule has 138 valence electrons. The number of piperidine rings is 2. The summed E-state index contributed by atoms with van der Waals surface area (Å²) in [6, 6.07) is 0. The van der Waals surface area contributed by atoms with Crippen molar-refractivity contribution in [3.63, 3.8) is 0 Å². The maximum atomic E-state index is 12.3. The van der Waals surface area contributed by atoms with Crippen LogP contribution in [0.1, 0.15) is 52.9 Å². The predicted molar refractivity (Wildman–Crippen MR) is 93.8 cm³/mol. The van der Waals surface area contributed by atoms with Crippen LogP contribution in [-0.4, -0.2) is 65.4 Å². The Bertz CT molecular complexity index is 434. The summed E-state index contributed by atoms with van der Waals surface area (Å²) >= 11 is 0. The number of hydrogen-bond donors (Lipinski definition) is 1. The molecule has 2 aliphatic heterocycles. The van der Waals surface area contributed by atoms with Crippen molar-refractivity contribution in [3.8, 4) is 0 Å². The summed E-state index contributed by atoms with van der Waals surface area (Å²) in [5.41, 5.74) is -0.426. The summed E-state index contributed by atoms with van der Waals surface area (Å²) in [6.07, 6.45) is 5.61. The van der Waals surface area contributed by atoms with Gasteiger partial charge in [0.1, 0.15) is 5.60 Å². The van der Waals surface area contributed by atoms with Crippen LogP contribution in [0.4, 0.5) is 4.79 Å². The van der Waals surface area contributed by atoms with Crippen LogP contribution in [0.2, 0.25) is 0 Å². The fourth-order valence-corrected chi connectivity index (χ4v) is 4.73. The molecule has 5 nitrogen and oxygen atoms in total. The van der Waals surface area contributed by atoms with E-state index in [9.17, 15) is 9.90 Å². The molecular formula is C19H34N2O3. The van der Waals surface area contributed by atoms with Crippen molar-refractivity contribution in [2.45, 2.75) is 64.6 Å². The Balaban J connectivity index is 1.51. The normalized spacial score (nSPS) is 34.9. The Kier molecular flexibility index (Phi) is 5.40. The minimum absolute atomic E-state index is 0.0837. The van der Waals surface area contributed by atoms with Gasteiger partial charge in [-0.25, -0.2) is 4.79 Å². The van der Waals surface area contributed by atoms with E-state index in [0.29, 0.717) is 17.8 Å². The van der Waals surface area contributed by atoms with Crippen molar-refractivity contribution >= 4 is 6.09 Å². The van der Waals surface area contributed by atoms with Crippen LogP contribution in [0.25, 0.3) is 0 Å². The fraction of sp³-hybridized carbons (Fsp3) is 0.947. The van der Waals surface area contributed by atoms with E-state index in [-0.39, 0.29) is 12.2 Å². The van der Waals surface area contributed by atoms with Gasteiger partial charge in [-0.3, -0.25) is 0 Å². The molecule has 5 heteroatoms. The van der Waals surface area contributed by atoms with Crippen LogP contribution < -0.4 is 0 Å². The van der Waals surface area contributed by atoms with Gasteiger partial charge in [0.25, 0.3) is 0 Å². The highest BCUT2D eigenvalue weighted by Gasteiger charge is 2.39. The van der Waals surface area contributed by atoms with Gasteiger partial charge >= 0.3 is 6.09 Å². The van der Waals surface area contributed by atoms with Crippen molar-refractivity contribution in [2.75, 3.05) is 32.7 Å². The second kappa shape index (κ2) is 7.20. The summed E-state index contributed by atoms with van der Waals surface area (Å²) in [7, 11) is 0. The lowest BCUT2D eigenvalue weighted by Crippen LogP contribution is -2.53. The first-order valence-corrected chi connectivity index (χ1v) is 9.70. The second-order valence-corrected chi connectivity index (χ2v) is 9.09. The number of carbonyl (C=O) groups excluding carboxylic acids is 1. The Labute approximate surface area is 146 Å². The zero-order valence-electron chi connectivity index (χ0n) is 15.5.